The van der Waals surface area contributed by atoms with E-state index < -0.39 is 0 Å². The summed E-state index contributed by atoms with van der Waals surface area (Å²) in [7, 11) is 0. The summed E-state index contributed by atoms with van der Waals surface area (Å²) in [5.41, 5.74) is 4.75. The van der Waals surface area contributed by atoms with Crippen molar-refractivity contribution in [1.82, 2.24) is 15.0 Å². The first-order valence-corrected chi connectivity index (χ1v) is 10.2. The molecule has 1 amide bonds. The van der Waals surface area contributed by atoms with Gasteiger partial charge in [-0.2, -0.15) is 4.98 Å². The first-order valence-electron chi connectivity index (χ1n) is 10.2. The third-order valence-electron chi connectivity index (χ3n) is 5.20. The summed E-state index contributed by atoms with van der Waals surface area (Å²) in [6.07, 6.45) is 8.45. The summed E-state index contributed by atoms with van der Waals surface area (Å²) in [6, 6.07) is 8.45. The quantitative estimate of drug-likeness (QED) is 0.665. The summed E-state index contributed by atoms with van der Waals surface area (Å²) in [4.78, 5) is 18.4. The van der Waals surface area contributed by atoms with Crippen molar-refractivity contribution in [2.45, 2.75) is 59.4 Å². The molecule has 1 heterocycles. The molecule has 1 aliphatic rings. The molecule has 0 radical (unpaired) electrons. The van der Waals surface area contributed by atoms with E-state index in [0.29, 0.717) is 18.9 Å². The van der Waals surface area contributed by atoms with E-state index in [2.05, 4.69) is 53.5 Å². The van der Waals surface area contributed by atoms with E-state index in [-0.39, 0.29) is 5.91 Å². The largest absolute Gasteiger partial charge is 0.339 e. The molecule has 0 fully saturated rings. The first kappa shape index (κ1) is 20.1. The van der Waals surface area contributed by atoms with Crippen molar-refractivity contribution in [3.05, 3.63) is 64.8 Å². The van der Waals surface area contributed by atoms with Crippen LogP contribution in [0, 0.1) is 0 Å². The zero-order valence-electron chi connectivity index (χ0n) is 17.1. The minimum absolute atomic E-state index is 0.193. The van der Waals surface area contributed by atoms with Gasteiger partial charge in [0.05, 0.1) is 0 Å². The number of nitrogens with zero attached hydrogens (tertiary/aromatic N) is 3. The number of benzene rings is 1. The number of rotatable bonds is 8. The van der Waals surface area contributed by atoms with Gasteiger partial charge >= 0.3 is 0 Å². The van der Waals surface area contributed by atoms with Crippen LogP contribution in [0.1, 0.15) is 62.9 Å². The highest BCUT2D eigenvalue weighted by atomic mass is 16.5. The summed E-state index contributed by atoms with van der Waals surface area (Å²) >= 11 is 0. The van der Waals surface area contributed by atoms with E-state index >= 15 is 0 Å². The Morgan fingerprint density at radius 3 is 2.57 bits per heavy atom. The van der Waals surface area contributed by atoms with Crippen LogP contribution >= 0.6 is 0 Å². The third-order valence-corrected chi connectivity index (χ3v) is 5.20. The summed E-state index contributed by atoms with van der Waals surface area (Å²) in [5, 5.41) is 4.15. The van der Waals surface area contributed by atoms with Gasteiger partial charge in [-0.05, 0) is 49.8 Å². The minimum Gasteiger partial charge on any atom is -0.339 e. The second kappa shape index (κ2) is 9.49. The highest BCUT2D eigenvalue weighted by molar-refractivity contribution is 5.75. The Balaban J connectivity index is 1.57. The van der Waals surface area contributed by atoms with Crippen LogP contribution in [-0.4, -0.2) is 27.5 Å². The van der Waals surface area contributed by atoms with Crippen molar-refractivity contribution in [2.75, 3.05) is 6.54 Å². The van der Waals surface area contributed by atoms with Gasteiger partial charge < -0.3 is 9.42 Å². The molecule has 0 atom stereocenters. The molecule has 1 aliphatic carbocycles. The van der Waals surface area contributed by atoms with E-state index in [1.807, 2.05) is 18.7 Å². The Labute approximate surface area is 167 Å². The molecule has 5 heteroatoms. The fraction of sp³-hybridized carbons (Fsp3) is 0.435. The predicted octanol–water partition coefficient (Wildman–Crippen LogP) is 4.74. The van der Waals surface area contributed by atoms with Crippen molar-refractivity contribution in [2.24, 2.45) is 0 Å². The van der Waals surface area contributed by atoms with Crippen LogP contribution in [0.4, 0.5) is 0 Å². The molecule has 0 saturated heterocycles. The highest BCUT2D eigenvalue weighted by Crippen LogP contribution is 2.27. The Hall–Kier alpha value is -2.69. The molecule has 28 heavy (non-hydrogen) atoms. The van der Waals surface area contributed by atoms with Crippen LogP contribution in [0.3, 0.4) is 0 Å². The molecular formula is C23H29N3O2. The number of carbonyl (C=O) groups excluding carboxylic acids is 1. The van der Waals surface area contributed by atoms with E-state index in [1.54, 1.807) is 0 Å². The molecule has 0 saturated carbocycles. The van der Waals surface area contributed by atoms with Crippen molar-refractivity contribution in [3.8, 4) is 0 Å². The van der Waals surface area contributed by atoms with Gasteiger partial charge in [0.2, 0.25) is 5.91 Å². The average Bonchev–Trinajstić information content (AvgIpc) is 3.20. The monoisotopic (exact) mass is 379 g/mol. The zero-order valence-corrected chi connectivity index (χ0v) is 17.1. The molecule has 0 aliphatic heterocycles. The van der Waals surface area contributed by atoms with Gasteiger partial charge in [0.1, 0.15) is 0 Å². The Kier molecular flexibility index (Phi) is 6.80. The van der Waals surface area contributed by atoms with Crippen molar-refractivity contribution in [3.63, 3.8) is 0 Å². The fourth-order valence-corrected chi connectivity index (χ4v) is 3.43. The molecule has 2 aromatic rings. The lowest BCUT2D eigenvalue weighted by Gasteiger charge is -2.20. The van der Waals surface area contributed by atoms with Gasteiger partial charge in [0.25, 0.3) is 5.89 Å². The number of carbonyl (C=O) groups is 1. The number of aromatic nitrogens is 2. The normalized spacial score (nSPS) is 13.8. The van der Waals surface area contributed by atoms with Crippen molar-refractivity contribution < 1.29 is 9.32 Å². The van der Waals surface area contributed by atoms with Gasteiger partial charge in [-0.25, -0.2) is 0 Å². The maximum Gasteiger partial charge on any atom is 0.254 e. The van der Waals surface area contributed by atoms with Gasteiger partial charge in [-0.1, -0.05) is 48.5 Å². The molecule has 1 aromatic heterocycles. The maximum atomic E-state index is 11.9. The maximum absolute atomic E-state index is 11.9. The molecule has 5 nitrogen and oxygen atoms in total. The van der Waals surface area contributed by atoms with Gasteiger partial charge in [-0.3, -0.25) is 4.79 Å². The van der Waals surface area contributed by atoms with Crippen LogP contribution < -0.4 is 0 Å². The van der Waals surface area contributed by atoms with Gasteiger partial charge in [0.15, 0.2) is 5.82 Å². The van der Waals surface area contributed by atoms with Crippen LogP contribution in [0.25, 0.3) is 5.57 Å². The average molecular weight is 380 g/mol. The number of amides is 1. The SMILES string of the molecule is CCC(=O)N(CC)Cc1ccc(CCc2noc(C3=C(C)C=CCC3)n2)cc1. The molecule has 3 rings (SSSR count). The molecule has 0 unspecified atom stereocenters. The number of hydrogen-bond acceptors (Lipinski definition) is 4. The predicted molar refractivity (Wildman–Crippen MR) is 110 cm³/mol. The van der Waals surface area contributed by atoms with Gasteiger partial charge in [-0.15, -0.1) is 0 Å². The Morgan fingerprint density at radius 1 is 1.14 bits per heavy atom. The van der Waals surface area contributed by atoms with Crippen LogP contribution in [0.5, 0.6) is 0 Å². The first-order chi connectivity index (χ1) is 13.6. The summed E-state index contributed by atoms with van der Waals surface area (Å²) in [6.45, 7) is 7.41. The van der Waals surface area contributed by atoms with Crippen molar-refractivity contribution in [1.29, 1.82) is 0 Å². The van der Waals surface area contributed by atoms with Crippen LogP contribution in [0.15, 0.2) is 46.5 Å². The summed E-state index contributed by atoms with van der Waals surface area (Å²) in [5.74, 6) is 1.60. The standard InChI is InChI=1S/C23H29N3O2/c1-4-22(27)26(5-2)16-19-12-10-18(11-13-19)14-15-21-24-23(28-25-21)20-9-7-6-8-17(20)3/h6,8,10-13H,4-5,7,9,14-16H2,1-3H3. The molecule has 0 spiro atoms. The third kappa shape index (κ3) is 4.97. The minimum atomic E-state index is 0.193. The fourth-order valence-electron chi connectivity index (χ4n) is 3.43. The second-order valence-electron chi connectivity index (χ2n) is 7.20. The van der Waals surface area contributed by atoms with E-state index in [0.717, 1.165) is 49.2 Å². The lowest BCUT2D eigenvalue weighted by atomic mass is 9.99. The van der Waals surface area contributed by atoms with Crippen molar-refractivity contribution >= 4 is 11.5 Å². The Bertz CT molecular complexity index is 862. The smallest absolute Gasteiger partial charge is 0.254 e. The second-order valence-corrected chi connectivity index (χ2v) is 7.20. The molecule has 1 aromatic carbocycles. The van der Waals surface area contributed by atoms with Gasteiger partial charge in [0, 0.05) is 31.5 Å². The molecular weight excluding hydrogens is 350 g/mol. The lowest BCUT2D eigenvalue weighted by Crippen LogP contribution is -2.29. The number of allylic oxidation sites excluding steroid dienone is 4. The molecule has 0 N–H and O–H groups in total. The number of hydrogen-bond donors (Lipinski definition) is 0. The molecule has 148 valence electrons. The summed E-state index contributed by atoms with van der Waals surface area (Å²) < 4.78 is 5.48. The van der Waals surface area contributed by atoms with E-state index in [1.165, 1.54) is 11.1 Å². The van der Waals surface area contributed by atoms with Crippen LogP contribution in [0.2, 0.25) is 0 Å². The number of aryl methyl sites for hydroxylation is 2. The molecule has 0 bridgehead atoms. The highest BCUT2D eigenvalue weighted by Gasteiger charge is 2.15. The van der Waals surface area contributed by atoms with Crippen LogP contribution in [-0.2, 0) is 24.2 Å². The van der Waals surface area contributed by atoms with E-state index in [9.17, 15) is 4.79 Å². The topological polar surface area (TPSA) is 59.2 Å². The lowest BCUT2D eigenvalue weighted by molar-refractivity contribution is -0.131. The Morgan fingerprint density at radius 2 is 1.89 bits per heavy atom. The zero-order chi connectivity index (χ0) is 19.9. The van der Waals surface area contributed by atoms with E-state index in [4.69, 9.17) is 4.52 Å².